The monoisotopic (exact) mass is 395 g/mol. The minimum Gasteiger partial charge on any atom is -0.485 e. The number of allylic oxidation sites excluding steroid dienone is 3. The molecule has 150 valence electrons. The van der Waals surface area contributed by atoms with Crippen LogP contribution in [0.25, 0.3) is 10.9 Å². The SMILES string of the molecule is [C-]#[N+]/C(C#N)=C1C=C(/C=C/c2ccc(N(CC)CC)cc2)OC(c2ccccc2)C\1. The van der Waals surface area contributed by atoms with Gasteiger partial charge in [0.15, 0.2) is 0 Å². The summed E-state index contributed by atoms with van der Waals surface area (Å²) in [4.78, 5) is 5.69. The lowest BCUT2D eigenvalue weighted by atomic mass is 9.97. The average molecular weight is 396 g/mol. The van der Waals surface area contributed by atoms with Gasteiger partial charge in [-0.25, -0.2) is 10.1 Å². The number of hydrogen-bond acceptors (Lipinski definition) is 3. The van der Waals surface area contributed by atoms with Crippen molar-refractivity contribution >= 4 is 11.8 Å². The average Bonchev–Trinajstić information content (AvgIpc) is 2.80. The van der Waals surface area contributed by atoms with Crippen molar-refractivity contribution < 1.29 is 4.74 Å². The summed E-state index contributed by atoms with van der Waals surface area (Å²) >= 11 is 0. The highest BCUT2D eigenvalue weighted by molar-refractivity contribution is 5.58. The lowest BCUT2D eigenvalue weighted by Gasteiger charge is -2.25. The molecule has 0 fully saturated rings. The number of anilines is 1. The Morgan fingerprint density at radius 2 is 1.83 bits per heavy atom. The van der Waals surface area contributed by atoms with Crippen molar-refractivity contribution in [2.24, 2.45) is 0 Å². The maximum Gasteiger partial charge on any atom is 0.265 e. The Balaban J connectivity index is 1.86. The predicted molar refractivity (Wildman–Crippen MR) is 121 cm³/mol. The van der Waals surface area contributed by atoms with Gasteiger partial charge in [-0.2, -0.15) is 0 Å². The summed E-state index contributed by atoms with van der Waals surface area (Å²) in [6.45, 7) is 13.6. The zero-order valence-corrected chi connectivity index (χ0v) is 17.4. The lowest BCUT2D eigenvalue weighted by Crippen LogP contribution is -2.21. The number of rotatable bonds is 6. The molecule has 2 aromatic carbocycles. The van der Waals surface area contributed by atoms with Crippen molar-refractivity contribution in [3.8, 4) is 6.07 Å². The van der Waals surface area contributed by atoms with Crippen LogP contribution >= 0.6 is 0 Å². The van der Waals surface area contributed by atoms with Crippen LogP contribution in [0.2, 0.25) is 0 Å². The first-order chi connectivity index (χ1) is 14.7. The smallest absolute Gasteiger partial charge is 0.265 e. The second-order valence-corrected chi connectivity index (χ2v) is 6.96. The molecular weight excluding hydrogens is 370 g/mol. The van der Waals surface area contributed by atoms with Crippen LogP contribution in [0.1, 0.15) is 37.5 Å². The van der Waals surface area contributed by atoms with Crippen LogP contribution in [0.4, 0.5) is 5.69 Å². The summed E-state index contributed by atoms with van der Waals surface area (Å²) in [6.07, 6.45) is 5.98. The van der Waals surface area contributed by atoms with E-state index in [-0.39, 0.29) is 11.8 Å². The van der Waals surface area contributed by atoms with E-state index in [4.69, 9.17) is 11.3 Å². The van der Waals surface area contributed by atoms with Crippen LogP contribution in [-0.4, -0.2) is 13.1 Å². The van der Waals surface area contributed by atoms with Gasteiger partial charge in [0.05, 0.1) is 12.6 Å². The standard InChI is InChI=1S/C26H25N3O/c1-4-29(5-2)23-14-11-20(12-15-23)13-16-24-17-22(25(19-27)28-3)18-26(30-24)21-9-7-6-8-10-21/h6-17,26H,4-5,18H2,1-2H3/b16-13+,25-22+. The summed E-state index contributed by atoms with van der Waals surface area (Å²) in [6, 6.07) is 20.3. The fraction of sp³-hybridized carbons (Fsp3) is 0.231. The van der Waals surface area contributed by atoms with E-state index < -0.39 is 0 Å². The van der Waals surface area contributed by atoms with Crippen LogP contribution in [0.3, 0.4) is 0 Å². The van der Waals surface area contributed by atoms with E-state index >= 15 is 0 Å². The number of nitrogens with zero attached hydrogens (tertiary/aromatic N) is 3. The Hall–Kier alpha value is -3.76. The van der Waals surface area contributed by atoms with E-state index in [1.807, 2.05) is 48.6 Å². The summed E-state index contributed by atoms with van der Waals surface area (Å²) < 4.78 is 6.18. The fourth-order valence-corrected chi connectivity index (χ4v) is 3.51. The van der Waals surface area contributed by atoms with E-state index in [1.165, 1.54) is 5.69 Å². The van der Waals surface area contributed by atoms with Gasteiger partial charge in [-0.15, -0.1) is 0 Å². The molecule has 0 N–H and O–H groups in total. The zero-order chi connectivity index (χ0) is 21.3. The molecule has 1 aliphatic heterocycles. The van der Waals surface area contributed by atoms with E-state index in [1.54, 1.807) is 6.08 Å². The molecule has 0 saturated heterocycles. The van der Waals surface area contributed by atoms with Gasteiger partial charge in [-0.05, 0) is 54.8 Å². The molecule has 1 atom stereocenters. The van der Waals surface area contributed by atoms with E-state index in [2.05, 4.69) is 47.9 Å². The van der Waals surface area contributed by atoms with Crippen LogP contribution in [0, 0.1) is 17.9 Å². The third-order valence-corrected chi connectivity index (χ3v) is 5.16. The van der Waals surface area contributed by atoms with Crippen LogP contribution in [0.15, 0.2) is 83.8 Å². The van der Waals surface area contributed by atoms with Crippen molar-refractivity contribution in [1.29, 1.82) is 5.26 Å². The second kappa shape index (κ2) is 10.1. The second-order valence-electron chi connectivity index (χ2n) is 6.96. The van der Waals surface area contributed by atoms with Crippen LogP contribution in [-0.2, 0) is 4.74 Å². The largest absolute Gasteiger partial charge is 0.485 e. The molecule has 2 aromatic rings. The van der Waals surface area contributed by atoms with Gasteiger partial charge in [0.2, 0.25) is 0 Å². The summed E-state index contributed by atoms with van der Waals surface area (Å²) in [7, 11) is 0. The Bertz CT molecular complexity index is 1010. The molecule has 1 unspecified atom stereocenters. The molecular formula is C26H25N3O. The van der Waals surface area contributed by atoms with Crippen molar-refractivity contribution in [2.45, 2.75) is 26.4 Å². The lowest BCUT2D eigenvalue weighted by molar-refractivity contribution is 0.118. The summed E-state index contributed by atoms with van der Waals surface area (Å²) in [5, 5.41) is 9.33. The quantitative estimate of drug-likeness (QED) is 0.426. The molecule has 0 saturated carbocycles. The Morgan fingerprint density at radius 1 is 1.13 bits per heavy atom. The molecule has 4 nitrogen and oxygen atoms in total. The fourth-order valence-electron chi connectivity index (χ4n) is 3.51. The predicted octanol–water partition coefficient (Wildman–Crippen LogP) is 6.29. The highest BCUT2D eigenvalue weighted by atomic mass is 16.5. The molecule has 1 aliphatic rings. The molecule has 0 aliphatic carbocycles. The van der Waals surface area contributed by atoms with Crippen LogP contribution in [0.5, 0.6) is 0 Å². The van der Waals surface area contributed by atoms with Crippen molar-refractivity contribution in [3.05, 3.63) is 106 Å². The number of hydrogen-bond donors (Lipinski definition) is 0. The molecule has 0 radical (unpaired) electrons. The zero-order valence-electron chi connectivity index (χ0n) is 17.4. The Labute approximate surface area is 178 Å². The normalized spacial score (nSPS) is 17.5. The van der Waals surface area contributed by atoms with Crippen molar-refractivity contribution in [3.63, 3.8) is 0 Å². The Kier molecular flexibility index (Phi) is 7.09. The van der Waals surface area contributed by atoms with Gasteiger partial charge in [-0.1, -0.05) is 48.5 Å². The van der Waals surface area contributed by atoms with E-state index in [0.29, 0.717) is 17.8 Å². The van der Waals surface area contributed by atoms with E-state index in [9.17, 15) is 5.26 Å². The summed E-state index contributed by atoms with van der Waals surface area (Å²) in [5.74, 6) is 0.648. The highest BCUT2D eigenvalue weighted by Crippen LogP contribution is 2.35. The molecule has 0 spiro atoms. The van der Waals surface area contributed by atoms with Gasteiger partial charge < -0.3 is 9.64 Å². The third-order valence-electron chi connectivity index (χ3n) is 5.16. The minimum atomic E-state index is -0.221. The maximum absolute atomic E-state index is 9.33. The number of nitriles is 1. The van der Waals surface area contributed by atoms with Gasteiger partial charge in [0, 0.05) is 25.2 Å². The first-order valence-corrected chi connectivity index (χ1v) is 10.2. The molecule has 30 heavy (non-hydrogen) atoms. The third kappa shape index (κ3) is 4.99. The minimum absolute atomic E-state index is 0.119. The van der Waals surface area contributed by atoms with Gasteiger partial charge in [0.25, 0.3) is 5.70 Å². The molecule has 1 heterocycles. The van der Waals surface area contributed by atoms with Crippen LogP contribution < -0.4 is 4.90 Å². The summed E-state index contributed by atoms with van der Waals surface area (Å²) in [5.41, 5.74) is 4.13. The number of benzene rings is 2. The molecule has 0 aromatic heterocycles. The molecule has 4 heteroatoms. The van der Waals surface area contributed by atoms with Gasteiger partial charge in [-0.3, -0.25) is 0 Å². The van der Waals surface area contributed by atoms with Crippen molar-refractivity contribution in [1.82, 2.24) is 0 Å². The first kappa shape index (κ1) is 21.0. The topological polar surface area (TPSA) is 40.6 Å². The van der Waals surface area contributed by atoms with Gasteiger partial charge in [0.1, 0.15) is 11.9 Å². The van der Waals surface area contributed by atoms with Crippen molar-refractivity contribution in [2.75, 3.05) is 18.0 Å². The highest BCUT2D eigenvalue weighted by Gasteiger charge is 2.22. The molecule has 3 rings (SSSR count). The molecule has 0 bridgehead atoms. The maximum atomic E-state index is 9.33. The first-order valence-electron chi connectivity index (χ1n) is 10.2. The number of ether oxygens (including phenoxy) is 1. The van der Waals surface area contributed by atoms with E-state index in [0.717, 1.165) is 24.2 Å². The Morgan fingerprint density at radius 3 is 2.43 bits per heavy atom. The molecule has 0 amide bonds. The van der Waals surface area contributed by atoms with Gasteiger partial charge >= 0.3 is 0 Å².